The Morgan fingerprint density at radius 1 is 1.04 bits per heavy atom. The molecule has 1 fully saturated rings. The van der Waals surface area contributed by atoms with Gasteiger partial charge in [0, 0.05) is 13.1 Å². The molecule has 1 atom stereocenters. The lowest BCUT2D eigenvalue weighted by molar-refractivity contribution is -0.133. The Kier molecular flexibility index (Phi) is 16.1. The van der Waals surface area contributed by atoms with Crippen molar-refractivity contribution >= 4 is 34.9 Å². The van der Waals surface area contributed by atoms with Crippen LogP contribution in [0.1, 0.15) is 90.2 Å². The van der Waals surface area contributed by atoms with Crippen molar-refractivity contribution in [1.82, 2.24) is 40.5 Å². The summed E-state index contributed by atoms with van der Waals surface area (Å²) in [6.07, 6.45) is 5.76. The molecule has 3 amide bonds. The van der Waals surface area contributed by atoms with Crippen LogP contribution in [-0.2, 0) is 32.3 Å². The largest absolute Gasteiger partial charge is 0.463 e. The lowest BCUT2D eigenvalue weighted by Gasteiger charge is -2.32. The first kappa shape index (κ1) is 42.0. The molecule has 4 rings (SSSR count). The van der Waals surface area contributed by atoms with Gasteiger partial charge in [-0.1, -0.05) is 37.6 Å². The average Bonchev–Trinajstić information content (AvgIpc) is 3.43. The summed E-state index contributed by atoms with van der Waals surface area (Å²) in [5, 5.41) is 5.70. The van der Waals surface area contributed by atoms with Gasteiger partial charge in [0.05, 0.1) is 13.2 Å². The molecular formula is C37H58N10O7. The molecule has 0 radical (unpaired) electrons. The molecule has 17 heteroatoms. The summed E-state index contributed by atoms with van der Waals surface area (Å²) in [7, 11) is 0. The van der Waals surface area contributed by atoms with Crippen LogP contribution in [0, 0.1) is 5.92 Å². The van der Waals surface area contributed by atoms with Crippen molar-refractivity contribution in [3.8, 4) is 6.01 Å². The number of benzene rings is 1. The highest BCUT2D eigenvalue weighted by molar-refractivity contribution is 5.88. The SMILES string of the molecule is CCCCOc1nc(N)c2[nH]c(=O)n(Cc3ccc(CN4CCC(CCNC(=O)[C@H](CCCCN)NC(=O)CONC(=O)OC(C)(C)C)CC4)cc3)c2n1. The fourth-order valence-corrected chi connectivity index (χ4v) is 6.15. The van der Waals surface area contributed by atoms with Gasteiger partial charge in [0.1, 0.15) is 17.2 Å². The third-order valence-electron chi connectivity index (χ3n) is 9.04. The minimum absolute atomic E-state index is 0.160. The summed E-state index contributed by atoms with van der Waals surface area (Å²) < 4.78 is 12.3. The number of aromatic amines is 1. The molecule has 2 aromatic heterocycles. The fraction of sp³-hybridized carbons (Fsp3) is 0.622. The van der Waals surface area contributed by atoms with E-state index in [2.05, 4.69) is 55.0 Å². The van der Waals surface area contributed by atoms with Crippen LogP contribution in [-0.4, -0.2) is 93.4 Å². The molecule has 298 valence electrons. The Labute approximate surface area is 316 Å². The Balaban J connectivity index is 1.19. The number of nitrogen functional groups attached to an aromatic ring is 1. The number of unbranched alkanes of at least 4 members (excludes halogenated alkanes) is 2. The van der Waals surface area contributed by atoms with Crippen LogP contribution in [0.3, 0.4) is 0 Å². The molecule has 0 bridgehead atoms. The number of carbonyl (C=O) groups is 3. The number of carbonyl (C=O) groups excluding carboxylic acids is 3. The van der Waals surface area contributed by atoms with Crippen molar-refractivity contribution in [2.24, 2.45) is 11.7 Å². The number of H-pyrrole nitrogens is 1. The van der Waals surface area contributed by atoms with Crippen LogP contribution in [0.15, 0.2) is 29.1 Å². The van der Waals surface area contributed by atoms with Gasteiger partial charge in [-0.2, -0.15) is 15.4 Å². The van der Waals surface area contributed by atoms with Crippen LogP contribution in [0.4, 0.5) is 10.6 Å². The Morgan fingerprint density at radius 3 is 2.41 bits per heavy atom. The Morgan fingerprint density at radius 2 is 1.74 bits per heavy atom. The molecule has 3 aromatic rings. The number of anilines is 1. The number of nitrogens with two attached hydrogens (primary N) is 2. The van der Waals surface area contributed by atoms with E-state index in [1.54, 1.807) is 25.3 Å². The molecule has 1 saturated heterocycles. The predicted octanol–water partition coefficient (Wildman–Crippen LogP) is 2.72. The van der Waals surface area contributed by atoms with E-state index in [-0.39, 0.29) is 23.4 Å². The molecule has 0 spiro atoms. The first-order chi connectivity index (χ1) is 25.8. The van der Waals surface area contributed by atoms with Crippen LogP contribution in [0.25, 0.3) is 11.2 Å². The maximum absolute atomic E-state index is 13.0. The van der Waals surface area contributed by atoms with Gasteiger partial charge in [0.25, 0.3) is 0 Å². The van der Waals surface area contributed by atoms with Gasteiger partial charge in [0.2, 0.25) is 11.8 Å². The summed E-state index contributed by atoms with van der Waals surface area (Å²) in [5.41, 5.74) is 15.7. The third kappa shape index (κ3) is 13.6. The first-order valence-electron chi connectivity index (χ1n) is 18.9. The Hall–Kier alpha value is -4.74. The normalized spacial score (nSPS) is 14.5. The number of amides is 3. The van der Waals surface area contributed by atoms with Crippen LogP contribution >= 0.6 is 0 Å². The van der Waals surface area contributed by atoms with E-state index in [0.717, 1.165) is 63.7 Å². The quantitative estimate of drug-likeness (QED) is 0.0722. The minimum Gasteiger partial charge on any atom is -0.463 e. The average molecular weight is 755 g/mol. The summed E-state index contributed by atoms with van der Waals surface area (Å²) in [6, 6.07) is 7.66. The number of piperidine rings is 1. The zero-order chi connectivity index (χ0) is 39.1. The minimum atomic E-state index is -0.809. The molecule has 0 aliphatic carbocycles. The molecule has 1 aromatic carbocycles. The number of fused-ring (bicyclic) bond motifs is 1. The molecule has 1 aliphatic heterocycles. The number of nitrogens with zero attached hydrogens (tertiary/aromatic N) is 4. The number of hydroxylamine groups is 1. The monoisotopic (exact) mass is 754 g/mol. The van der Waals surface area contributed by atoms with E-state index in [9.17, 15) is 19.2 Å². The van der Waals surface area contributed by atoms with Gasteiger partial charge in [-0.15, -0.1) is 0 Å². The highest BCUT2D eigenvalue weighted by atomic mass is 16.7. The summed E-state index contributed by atoms with van der Waals surface area (Å²) >= 11 is 0. The second kappa shape index (κ2) is 20.6. The number of aromatic nitrogens is 4. The number of nitrogens with one attached hydrogen (secondary N) is 4. The lowest BCUT2D eigenvalue weighted by Crippen LogP contribution is -2.48. The van der Waals surface area contributed by atoms with E-state index in [0.29, 0.717) is 56.2 Å². The van der Waals surface area contributed by atoms with Gasteiger partial charge in [-0.25, -0.2) is 9.59 Å². The number of rotatable bonds is 20. The number of likely N-dealkylation sites (tertiary alicyclic amines) is 1. The van der Waals surface area contributed by atoms with Gasteiger partial charge in [0.15, 0.2) is 18.1 Å². The fourth-order valence-electron chi connectivity index (χ4n) is 6.15. The molecule has 17 nitrogen and oxygen atoms in total. The molecule has 1 aliphatic rings. The van der Waals surface area contributed by atoms with E-state index in [1.807, 2.05) is 12.1 Å². The summed E-state index contributed by atoms with van der Waals surface area (Å²) in [6.45, 7) is 11.3. The number of ether oxygens (including phenoxy) is 2. The van der Waals surface area contributed by atoms with Crippen LogP contribution in [0.2, 0.25) is 0 Å². The third-order valence-corrected chi connectivity index (χ3v) is 9.04. The molecule has 0 unspecified atom stereocenters. The maximum Gasteiger partial charge on any atom is 0.431 e. The van der Waals surface area contributed by atoms with E-state index in [4.69, 9.17) is 25.8 Å². The number of hydrogen-bond donors (Lipinski definition) is 6. The second-order valence-corrected chi connectivity index (χ2v) is 14.7. The smallest absolute Gasteiger partial charge is 0.431 e. The topological polar surface area (TPSA) is 234 Å². The van der Waals surface area contributed by atoms with Crippen LogP contribution < -0.4 is 38.0 Å². The standard InChI is InChI=1S/C37H58N10O7/c1-5-6-21-52-34-43-31(39)30-32(44-34)47(35(50)42-30)23-27-12-10-26(11-13-27)22-46-19-15-25(16-20-46)14-18-40-33(49)28(9-7-8-17-38)41-29(48)24-53-45-36(51)54-37(2,3)4/h10-13,25,28H,5-9,14-24,38H2,1-4H3,(H,40,49)(H,41,48)(H,42,50)(H,45,51)(H2,39,43,44)/t28-/m0/s1. The van der Waals surface area contributed by atoms with Crippen molar-refractivity contribution in [2.75, 3.05) is 45.1 Å². The lowest BCUT2D eigenvalue weighted by atomic mass is 9.93. The zero-order valence-corrected chi connectivity index (χ0v) is 32.1. The zero-order valence-electron chi connectivity index (χ0n) is 32.1. The number of hydrogen-bond acceptors (Lipinski definition) is 12. The first-order valence-corrected chi connectivity index (χ1v) is 18.9. The summed E-state index contributed by atoms with van der Waals surface area (Å²) in [4.78, 5) is 68.8. The molecule has 3 heterocycles. The van der Waals surface area contributed by atoms with Crippen molar-refractivity contribution in [3.63, 3.8) is 0 Å². The van der Waals surface area contributed by atoms with Crippen molar-refractivity contribution in [3.05, 3.63) is 45.9 Å². The predicted molar refractivity (Wildman–Crippen MR) is 204 cm³/mol. The summed E-state index contributed by atoms with van der Waals surface area (Å²) in [5.74, 6) is -0.135. The molecule has 8 N–H and O–H groups in total. The Bertz CT molecular complexity index is 1710. The maximum atomic E-state index is 13.0. The van der Waals surface area contributed by atoms with Crippen molar-refractivity contribution in [1.29, 1.82) is 0 Å². The van der Waals surface area contributed by atoms with Gasteiger partial charge >= 0.3 is 17.8 Å². The van der Waals surface area contributed by atoms with Gasteiger partial charge < -0.3 is 36.6 Å². The molecular weight excluding hydrogens is 696 g/mol. The van der Waals surface area contributed by atoms with Crippen molar-refractivity contribution in [2.45, 2.75) is 104 Å². The van der Waals surface area contributed by atoms with Gasteiger partial charge in [-0.05, 0) is 102 Å². The molecule has 54 heavy (non-hydrogen) atoms. The van der Waals surface area contributed by atoms with E-state index >= 15 is 0 Å². The second-order valence-electron chi connectivity index (χ2n) is 14.7. The van der Waals surface area contributed by atoms with Crippen molar-refractivity contribution < 1.29 is 28.7 Å². The highest BCUT2D eigenvalue weighted by Gasteiger charge is 2.23. The highest BCUT2D eigenvalue weighted by Crippen LogP contribution is 2.23. The van der Waals surface area contributed by atoms with Crippen LogP contribution in [0.5, 0.6) is 6.01 Å². The van der Waals surface area contributed by atoms with Gasteiger partial charge in [-0.3, -0.25) is 23.9 Å². The van der Waals surface area contributed by atoms with E-state index < -0.39 is 30.3 Å². The molecule has 0 saturated carbocycles. The number of imidazole rings is 1. The van der Waals surface area contributed by atoms with E-state index in [1.165, 1.54) is 5.56 Å².